The normalized spacial score (nSPS) is 35.6. The van der Waals surface area contributed by atoms with Crippen LogP contribution in [0.3, 0.4) is 0 Å². The van der Waals surface area contributed by atoms with Gasteiger partial charge in [-0.25, -0.2) is 0 Å². The summed E-state index contributed by atoms with van der Waals surface area (Å²) in [6, 6.07) is 0. The van der Waals surface area contributed by atoms with Gasteiger partial charge in [-0.3, -0.25) is 0 Å². The minimum atomic E-state index is 0.158. The Balaban J connectivity index is 1.97. The summed E-state index contributed by atoms with van der Waals surface area (Å²) in [5.41, 5.74) is 0.158. The maximum Gasteiger partial charge on any atom is 0.0848 e. The lowest BCUT2D eigenvalue weighted by molar-refractivity contribution is -0.193. The number of ether oxygens (including phenoxy) is 1. The molecule has 1 aliphatic heterocycles. The highest BCUT2D eigenvalue weighted by atomic mass is 32.2. The number of hydrogen-bond donors (Lipinski definition) is 1. The summed E-state index contributed by atoms with van der Waals surface area (Å²) < 4.78 is 6.14. The van der Waals surface area contributed by atoms with E-state index in [9.17, 15) is 0 Å². The smallest absolute Gasteiger partial charge is 0.0848 e. The SMILES string of the molecule is CC1(SCCO)COC12CCCCC2. The van der Waals surface area contributed by atoms with Crippen molar-refractivity contribution < 1.29 is 9.84 Å². The summed E-state index contributed by atoms with van der Waals surface area (Å²) in [6.07, 6.45) is 6.44. The van der Waals surface area contributed by atoms with Gasteiger partial charge < -0.3 is 9.84 Å². The zero-order valence-electron chi connectivity index (χ0n) is 8.92. The van der Waals surface area contributed by atoms with E-state index in [4.69, 9.17) is 9.84 Å². The fourth-order valence-electron chi connectivity index (χ4n) is 2.72. The molecule has 1 saturated heterocycles. The van der Waals surface area contributed by atoms with Crippen molar-refractivity contribution in [2.75, 3.05) is 19.0 Å². The number of thioether (sulfide) groups is 1. The van der Waals surface area contributed by atoms with Gasteiger partial charge in [0.2, 0.25) is 0 Å². The topological polar surface area (TPSA) is 29.5 Å². The molecule has 1 atom stereocenters. The van der Waals surface area contributed by atoms with Gasteiger partial charge in [0, 0.05) is 5.75 Å². The molecule has 0 aromatic carbocycles. The number of hydrogen-bond acceptors (Lipinski definition) is 3. The molecule has 2 aliphatic rings. The first-order valence-corrected chi connectivity index (χ1v) is 6.60. The molecular weight excluding hydrogens is 196 g/mol. The molecule has 2 rings (SSSR count). The Morgan fingerprint density at radius 1 is 1.29 bits per heavy atom. The lowest BCUT2D eigenvalue weighted by atomic mass is 9.72. The number of aliphatic hydroxyl groups is 1. The number of aliphatic hydroxyl groups excluding tert-OH is 1. The average molecular weight is 216 g/mol. The summed E-state index contributed by atoms with van der Waals surface area (Å²) in [4.78, 5) is 0. The monoisotopic (exact) mass is 216 g/mol. The summed E-state index contributed by atoms with van der Waals surface area (Å²) in [5, 5.41) is 8.87. The molecule has 2 nitrogen and oxygen atoms in total. The third-order valence-corrected chi connectivity index (χ3v) is 5.27. The van der Waals surface area contributed by atoms with Gasteiger partial charge >= 0.3 is 0 Å². The minimum absolute atomic E-state index is 0.158. The maximum atomic E-state index is 8.87. The van der Waals surface area contributed by atoms with E-state index in [1.807, 2.05) is 11.8 Å². The van der Waals surface area contributed by atoms with E-state index in [1.54, 1.807) is 0 Å². The fraction of sp³-hybridized carbons (Fsp3) is 1.00. The Morgan fingerprint density at radius 2 is 2.00 bits per heavy atom. The van der Waals surface area contributed by atoms with Crippen molar-refractivity contribution in [2.24, 2.45) is 0 Å². The van der Waals surface area contributed by atoms with E-state index in [2.05, 4.69) is 6.92 Å². The standard InChI is InChI=1S/C11H20O2S/c1-10(14-8-7-12)9-13-11(10)5-3-2-4-6-11/h12H,2-9H2,1H3. The largest absolute Gasteiger partial charge is 0.396 e. The average Bonchev–Trinajstić information content (AvgIpc) is 2.25. The van der Waals surface area contributed by atoms with Crippen LogP contribution < -0.4 is 0 Å². The van der Waals surface area contributed by atoms with Crippen LogP contribution in [0.5, 0.6) is 0 Å². The molecule has 1 heterocycles. The zero-order valence-corrected chi connectivity index (χ0v) is 9.74. The molecule has 82 valence electrons. The van der Waals surface area contributed by atoms with Crippen molar-refractivity contribution in [2.45, 2.75) is 49.4 Å². The summed E-state index contributed by atoms with van der Waals surface area (Å²) in [5.74, 6) is 0.849. The third kappa shape index (κ3) is 1.59. The van der Waals surface area contributed by atoms with Gasteiger partial charge in [-0.15, -0.1) is 11.8 Å². The molecule has 0 aromatic heterocycles. The van der Waals surface area contributed by atoms with E-state index in [-0.39, 0.29) is 17.0 Å². The van der Waals surface area contributed by atoms with Crippen LogP contribution in [0.25, 0.3) is 0 Å². The molecule has 2 fully saturated rings. The molecule has 3 heteroatoms. The first-order chi connectivity index (χ1) is 6.72. The molecular formula is C11H20O2S. The van der Waals surface area contributed by atoms with E-state index in [1.165, 1.54) is 32.1 Å². The van der Waals surface area contributed by atoms with Gasteiger partial charge in [0.05, 0.1) is 23.6 Å². The van der Waals surface area contributed by atoms with Crippen molar-refractivity contribution >= 4 is 11.8 Å². The summed E-state index contributed by atoms with van der Waals surface area (Å²) in [7, 11) is 0. The predicted octanol–water partition coefficient (Wildman–Crippen LogP) is 2.20. The lowest BCUT2D eigenvalue weighted by Crippen LogP contribution is -2.65. The fourth-order valence-corrected chi connectivity index (χ4v) is 3.93. The van der Waals surface area contributed by atoms with E-state index in [0.29, 0.717) is 0 Å². The first kappa shape index (κ1) is 10.8. The van der Waals surface area contributed by atoms with Crippen LogP contribution in [0.2, 0.25) is 0 Å². The van der Waals surface area contributed by atoms with Crippen LogP contribution in [-0.4, -0.2) is 34.4 Å². The molecule has 1 unspecified atom stereocenters. The van der Waals surface area contributed by atoms with Gasteiger partial charge in [0.25, 0.3) is 0 Å². The van der Waals surface area contributed by atoms with E-state index in [0.717, 1.165) is 12.4 Å². The first-order valence-electron chi connectivity index (χ1n) is 5.61. The zero-order chi connectivity index (χ0) is 10.1. The molecule has 0 bridgehead atoms. The predicted molar refractivity (Wildman–Crippen MR) is 59.7 cm³/mol. The lowest BCUT2D eigenvalue weighted by Gasteiger charge is -2.58. The third-order valence-electron chi connectivity index (χ3n) is 3.76. The van der Waals surface area contributed by atoms with Crippen molar-refractivity contribution in [3.8, 4) is 0 Å². The summed E-state index contributed by atoms with van der Waals surface area (Å²) in [6.45, 7) is 3.47. The molecule has 1 saturated carbocycles. The Labute approximate surface area is 90.4 Å². The van der Waals surface area contributed by atoms with Crippen LogP contribution in [0.1, 0.15) is 39.0 Å². The second kappa shape index (κ2) is 4.03. The maximum absolute atomic E-state index is 8.87. The molecule has 0 amide bonds. The molecule has 1 N–H and O–H groups in total. The minimum Gasteiger partial charge on any atom is -0.396 e. The van der Waals surface area contributed by atoms with Gasteiger partial charge in [0.1, 0.15) is 0 Å². The molecule has 1 spiro atoms. The molecule has 14 heavy (non-hydrogen) atoms. The second-order valence-corrected chi connectivity index (χ2v) is 6.24. The Morgan fingerprint density at radius 3 is 2.50 bits per heavy atom. The molecule has 1 aliphatic carbocycles. The molecule has 0 radical (unpaired) electrons. The van der Waals surface area contributed by atoms with Crippen LogP contribution in [0.15, 0.2) is 0 Å². The Bertz CT molecular complexity index is 201. The van der Waals surface area contributed by atoms with Gasteiger partial charge in [-0.05, 0) is 19.8 Å². The van der Waals surface area contributed by atoms with Crippen LogP contribution in [-0.2, 0) is 4.74 Å². The van der Waals surface area contributed by atoms with Crippen molar-refractivity contribution in [1.82, 2.24) is 0 Å². The highest BCUT2D eigenvalue weighted by Crippen LogP contribution is 2.54. The van der Waals surface area contributed by atoms with Crippen LogP contribution >= 0.6 is 11.8 Å². The highest BCUT2D eigenvalue weighted by molar-refractivity contribution is 8.00. The number of rotatable bonds is 3. The van der Waals surface area contributed by atoms with Crippen molar-refractivity contribution in [3.05, 3.63) is 0 Å². The Hall–Kier alpha value is 0.270. The van der Waals surface area contributed by atoms with Gasteiger partial charge in [0.15, 0.2) is 0 Å². The highest BCUT2D eigenvalue weighted by Gasteiger charge is 2.57. The van der Waals surface area contributed by atoms with Gasteiger partial charge in [-0.2, -0.15) is 0 Å². The van der Waals surface area contributed by atoms with E-state index >= 15 is 0 Å². The van der Waals surface area contributed by atoms with Gasteiger partial charge in [-0.1, -0.05) is 19.3 Å². The van der Waals surface area contributed by atoms with Crippen molar-refractivity contribution in [1.29, 1.82) is 0 Å². The Kier molecular flexibility index (Phi) is 3.10. The van der Waals surface area contributed by atoms with Crippen molar-refractivity contribution in [3.63, 3.8) is 0 Å². The quantitative estimate of drug-likeness (QED) is 0.784. The van der Waals surface area contributed by atoms with E-state index < -0.39 is 0 Å². The van der Waals surface area contributed by atoms with Crippen LogP contribution in [0.4, 0.5) is 0 Å². The molecule has 0 aromatic rings. The second-order valence-electron chi connectivity index (χ2n) is 4.65. The van der Waals surface area contributed by atoms with Crippen LogP contribution in [0, 0.1) is 0 Å². The summed E-state index contributed by atoms with van der Waals surface area (Å²) >= 11 is 1.90.